The van der Waals surface area contributed by atoms with E-state index in [1.54, 1.807) is 7.11 Å². The highest BCUT2D eigenvalue weighted by atomic mass is 127. The number of alkyl halides is 1. The quantitative estimate of drug-likeness (QED) is 0.655. The Labute approximate surface area is 79.3 Å². The first-order valence-electron chi connectivity index (χ1n) is 3.20. The first-order valence-corrected chi connectivity index (χ1v) is 4.44. The van der Waals surface area contributed by atoms with Gasteiger partial charge in [0.2, 0.25) is 0 Å². The molecule has 1 aromatic rings. The zero-order chi connectivity index (χ0) is 8.27. The average Bonchev–Trinajstić information content (AvgIpc) is 2.05. The molecule has 0 radical (unpaired) electrons. The molecule has 0 saturated heterocycles. The summed E-state index contributed by atoms with van der Waals surface area (Å²) in [6.07, 6.45) is 0. The Morgan fingerprint density at radius 2 is 1.91 bits per heavy atom. The van der Waals surface area contributed by atoms with Crippen molar-refractivity contribution in [1.29, 1.82) is 0 Å². The van der Waals surface area contributed by atoms with E-state index in [1.807, 2.05) is 46.9 Å². The molecule has 2 nitrogen and oxygen atoms in total. The largest absolute Gasteiger partial charge is 0.497 e. The zero-order valence-electron chi connectivity index (χ0n) is 6.12. The molecule has 0 saturated carbocycles. The Morgan fingerprint density at radius 3 is 2.27 bits per heavy atom. The minimum Gasteiger partial charge on any atom is -0.497 e. The number of ether oxygens (including phenoxy) is 1. The highest BCUT2D eigenvalue weighted by Gasteiger charge is 2.00. The van der Waals surface area contributed by atoms with E-state index in [2.05, 4.69) is 0 Å². The summed E-state index contributed by atoms with van der Waals surface area (Å²) in [5.41, 5.74) is 0.895. The number of benzene rings is 1. The molecule has 1 atom stereocenters. The van der Waals surface area contributed by atoms with E-state index in [0.717, 1.165) is 11.3 Å². The number of methoxy groups -OCH3 is 1. The molecule has 1 aromatic carbocycles. The van der Waals surface area contributed by atoms with E-state index < -0.39 is 4.11 Å². The highest BCUT2D eigenvalue weighted by molar-refractivity contribution is 14.1. The fourth-order valence-corrected chi connectivity index (χ4v) is 1.18. The normalized spacial score (nSPS) is 12.6. The van der Waals surface area contributed by atoms with Crippen molar-refractivity contribution in [3.05, 3.63) is 29.8 Å². The Bertz CT molecular complexity index is 218. The van der Waals surface area contributed by atoms with Crippen LogP contribution in [0.5, 0.6) is 5.75 Å². The smallest absolute Gasteiger partial charge is 0.130 e. The van der Waals surface area contributed by atoms with Gasteiger partial charge in [-0.1, -0.05) is 12.1 Å². The monoisotopic (exact) mass is 264 g/mol. The molecular formula is C8H9IO2. The lowest BCUT2D eigenvalue weighted by Crippen LogP contribution is -1.87. The van der Waals surface area contributed by atoms with Gasteiger partial charge in [-0.05, 0) is 40.3 Å². The molecule has 0 aliphatic rings. The van der Waals surface area contributed by atoms with Crippen LogP contribution < -0.4 is 4.74 Å². The fourth-order valence-electron chi connectivity index (χ4n) is 0.763. The minimum atomic E-state index is -0.432. The van der Waals surface area contributed by atoms with Crippen molar-refractivity contribution in [2.45, 2.75) is 4.11 Å². The Kier molecular flexibility index (Phi) is 3.14. The van der Waals surface area contributed by atoms with Crippen LogP contribution in [0.1, 0.15) is 9.67 Å². The van der Waals surface area contributed by atoms with Crippen molar-refractivity contribution in [3.63, 3.8) is 0 Å². The summed E-state index contributed by atoms with van der Waals surface area (Å²) < 4.78 is 4.53. The zero-order valence-corrected chi connectivity index (χ0v) is 8.28. The predicted molar refractivity (Wildman–Crippen MR) is 52.0 cm³/mol. The summed E-state index contributed by atoms with van der Waals surface area (Å²) in [6.45, 7) is 0. The second-order valence-corrected chi connectivity index (χ2v) is 3.29. The van der Waals surface area contributed by atoms with Crippen LogP contribution in [0.2, 0.25) is 0 Å². The van der Waals surface area contributed by atoms with Crippen LogP contribution in [-0.2, 0) is 0 Å². The minimum absolute atomic E-state index is 0.432. The number of hydrogen-bond donors (Lipinski definition) is 1. The van der Waals surface area contributed by atoms with Gasteiger partial charge in [0.25, 0.3) is 0 Å². The van der Waals surface area contributed by atoms with E-state index in [1.165, 1.54) is 0 Å². The van der Waals surface area contributed by atoms with Gasteiger partial charge in [0.15, 0.2) is 0 Å². The maximum Gasteiger partial charge on any atom is 0.130 e. The van der Waals surface area contributed by atoms with Gasteiger partial charge in [0.05, 0.1) is 7.11 Å². The van der Waals surface area contributed by atoms with Crippen molar-refractivity contribution >= 4 is 22.6 Å². The van der Waals surface area contributed by atoms with E-state index in [9.17, 15) is 0 Å². The van der Waals surface area contributed by atoms with Crippen LogP contribution in [0.15, 0.2) is 24.3 Å². The van der Waals surface area contributed by atoms with Crippen LogP contribution in [0.25, 0.3) is 0 Å². The maximum absolute atomic E-state index is 9.13. The number of rotatable bonds is 2. The Morgan fingerprint density at radius 1 is 1.36 bits per heavy atom. The predicted octanol–water partition coefficient (Wildman–Crippen LogP) is 2.12. The molecule has 1 N–H and O–H groups in total. The fraction of sp³-hybridized carbons (Fsp3) is 0.250. The van der Waals surface area contributed by atoms with Crippen molar-refractivity contribution in [3.8, 4) is 5.75 Å². The summed E-state index contributed by atoms with van der Waals surface area (Å²) in [7, 11) is 1.62. The van der Waals surface area contributed by atoms with E-state index in [4.69, 9.17) is 9.84 Å². The number of aliphatic hydroxyl groups is 1. The van der Waals surface area contributed by atoms with Gasteiger partial charge < -0.3 is 9.84 Å². The highest BCUT2D eigenvalue weighted by Crippen LogP contribution is 2.21. The Hall–Kier alpha value is -0.290. The van der Waals surface area contributed by atoms with Crippen LogP contribution in [0, 0.1) is 0 Å². The van der Waals surface area contributed by atoms with E-state index >= 15 is 0 Å². The molecule has 0 aliphatic carbocycles. The molecular weight excluding hydrogens is 255 g/mol. The summed E-state index contributed by atoms with van der Waals surface area (Å²) in [4.78, 5) is 0. The molecule has 0 amide bonds. The van der Waals surface area contributed by atoms with Crippen molar-refractivity contribution in [2.75, 3.05) is 7.11 Å². The SMILES string of the molecule is COc1ccc(C(O)I)cc1. The lowest BCUT2D eigenvalue weighted by molar-refractivity contribution is 0.286. The number of halogens is 1. The van der Waals surface area contributed by atoms with Gasteiger partial charge >= 0.3 is 0 Å². The number of aliphatic hydroxyl groups excluding tert-OH is 1. The summed E-state index contributed by atoms with van der Waals surface area (Å²) >= 11 is 1.95. The standard InChI is InChI=1S/C8H9IO2/c1-11-7-4-2-6(3-5-7)8(9)10/h2-5,8,10H,1H3. The summed E-state index contributed by atoms with van der Waals surface area (Å²) in [5.74, 6) is 0.811. The molecule has 0 bridgehead atoms. The lowest BCUT2D eigenvalue weighted by Gasteiger charge is -2.03. The van der Waals surface area contributed by atoms with E-state index in [0.29, 0.717) is 0 Å². The third-order valence-corrected chi connectivity index (χ3v) is 2.11. The molecule has 0 heterocycles. The van der Waals surface area contributed by atoms with E-state index in [-0.39, 0.29) is 0 Å². The van der Waals surface area contributed by atoms with Crippen LogP contribution in [-0.4, -0.2) is 12.2 Å². The third kappa shape index (κ3) is 2.34. The third-order valence-electron chi connectivity index (χ3n) is 1.39. The average molecular weight is 264 g/mol. The van der Waals surface area contributed by atoms with Gasteiger partial charge in [-0.25, -0.2) is 0 Å². The molecule has 3 heteroatoms. The van der Waals surface area contributed by atoms with Crippen LogP contribution >= 0.6 is 22.6 Å². The molecule has 0 fully saturated rings. The van der Waals surface area contributed by atoms with Gasteiger partial charge in [-0.2, -0.15) is 0 Å². The second-order valence-electron chi connectivity index (χ2n) is 2.11. The lowest BCUT2D eigenvalue weighted by atomic mass is 10.2. The van der Waals surface area contributed by atoms with Gasteiger partial charge in [0, 0.05) is 0 Å². The molecule has 1 unspecified atom stereocenters. The molecule has 60 valence electrons. The number of hydrogen-bond acceptors (Lipinski definition) is 2. The second kappa shape index (κ2) is 3.92. The Balaban J connectivity index is 2.83. The summed E-state index contributed by atoms with van der Waals surface area (Å²) in [6, 6.07) is 7.35. The maximum atomic E-state index is 9.13. The van der Waals surface area contributed by atoms with Crippen LogP contribution in [0.4, 0.5) is 0 Å². The first kappa shape index (κ1) is 8.80. The van der Waals surface area contributed by atoms with Gasteiger partial charge in [-0.15, -0.1) is 0 Å². The van der Waals surface area contributed by atoms with Crippen molar-refractivity contribution in [2.24, 2.45) is 0 Å². The molecule has 0 spiro atoms. The van der Waals surface area contributed by atoms with Crippen molar-refractivity contribution in [1.82, 2.24) is 0 Å². The van der Waals surface area contributed by atoms with Crippen LogP contribution in [0.3, 0.4) is 0 Å². The molecule has 1 rings (SSSR count). The van der Waals surface area contributed by atoms with Crippen molar-refractivity contribution < 1.29 is 9.84 Å². The topological polar surface area (TPSA) is 29.5 Å². The van der Waals surface area contributed by atoms with Gasteiger partial charge in [0.1, 0.15) is 9.86 Å². The molecule has 0 aromatic heterocycles. The summed E-state index contributed by atoms with van der Waals surface area (Å²) in [5, 5.41) is 9.13. The molecule has 11 heavy (non-hydrogen) atoms. The van der Waals surface area contributed by atoms with Gasteiger partial charge in [-0.3, -0.25) is 0 Å². The first-order chi connectivity index (χ1) is 5.24. The molecule has 0 aliphatic heterocycles.